The third-order valence-corrected chi connectivity index (χ3v) is 4.11. The van der Waals surface area contributed by atoms with Gasteiger partial charge in [-0.05, 0) is 43.8 Å². The second kappa shape index (κ2) is 7.41. The van der Waals surface area contributed by atoms with Gasteiger partial charge in [-0.2, -0.15) is 0 Å². The van der Waals surface area contributed by atoms with E-state index in [0.29, 0.717) is 23.9 Å². The van der Waals surface area contributed by atoms with Crippen molar-refractivity contribution in [2.45, 2.75) is 32.8 Å². The number of benzene rings is 1. The van der Waals surface area contributed by atoms with Crippen LogP contribution in [0.2, 0.25) is 0 Å². The Kier molecular flexibility index (Phi) is 5.56. The minimum Gasteiger partial charge on any atom is -0.392 e. The Balaban J connectivity index is 1.88. The number of anilines is 1. The van der Waals surface area contributed by atoms with Crippen molar-refractivity contribution >= 4 is 11.6 Å². The summed E-state index contributed by atoms with van der Waals surface area (Å²) in [5.74, 6) is 0.996. The lowest BCUT2D eigenvalue weighted by atomic mass is 9.85. The quantitative estimate of drug-likeness (QED) is 0.772. The molecule has 0 saturated carbocycles. The van der Waals surface area contributed by atoms with Crippen LogP contribution in [-0.2, 0) is 11.4 Å². The van der Waals surface area contributed by atoms with Crippen LogP contribution in [-0.4, -0.2) is 24.1 Å². The lowest BCUT2D eigenvalue weighted by Crippen LogP contribution is -2.34. The molecule has 2 unspecified atom stereocenters. The van der Waals surface area contributed by atoms with Crippen LogP contribution in [0.3, 0.4) is 0 Å². The Morgan fingerprint density at radius 3 is 3.00 bits per heavy atom. The molecule has 1 fully saturated rings. The molecule has 0 spiro atoms. The number of aliphatic hydroxyl groups excluding tert-OH is 1. The van der Waals surface area contributed by atoms with Crippen molar-refractivity contribution in [2.24, 2.45) is 11.8 Å². The van der Waals surface area contributed by atoms with E-state index in [0.717, 1.165) is 18.7 Å². The first-order valence-electron chi connectivity index (χ1n) is 7.40. The maximum absolute atomic E-state index is 12.1. The van der Waals surface area contributed by atoms with Crippen LogP contribution in [0.4, 0.5) is 5.69 Å². The molecule has 4 heteroatoms. The lowest BCUT2D eigenvalue weighted by Gasteiger charge is -2.28. The van der Waals surface area contributed by atoms with E-state index in [1.54, 1.807) is 0 Å². The second-order valence-corrected chi connectivity index (χ2v) is 5.65. The number of amides is 1. The maximum atomic E-state index is 12.1. The zero-order valence-electron chi connectivity index (χ0n) is 12.1. The fraction of sp³-hybridized carbons (Fsp3) is 0.562. The summed E-state index contributed by atoms with van der Waals surface area (Å²) in [6.07, 6.45) is 2.94. The zero-order valence-corrected chi connectivity index (χ0v) is 12.1. The fourth-order valence-electron chi connectivity index (χ4n) is 2.80. The Morgan fingerprint density at radius 2 is 2.30 bits per heavy atom. The fourth-order valence-corrected chi connectivity index (χ4v) is 2.80. The average molecular weight is 276 g/mol. The van der Waals surface area contributed by atoms with E-state index >= 15 is 0 Å². The van der Waals surface area contributed by atoms with Crippen LogP contribution in [0.1, 0.15) is 31.7 Å². The SMILES string of the molecule is CC(CC(=O)Nc1ccccc1CO)C1CCCNC1. The Labute approximate surface area is 120 Å². The van der Waals surface area contributed by atoms with Gasteiger partial charge in [-0.15, -0.1) is 0 Å². The van der Waals surface area contributed by atoms with E-state index < -0.39 is 0 Å². The molecule has 1 amide bonds. The standard InChI is InChI=1S/C16H24N2O2/c1-12(13-6-4-8-17-10-13)9-16(20)18-15-7-3-2-5-14(15)11-19/h2-3,5,7,12-13,17,19H,4,6,8-11H2,1H3,(H,18,20). The summed E-state index contributed by atoms with van der Waals surface area (Å²) in [6.45, 7) is 4.20. The average Bonchev–Trinajstić information content (AvgIpc) is 2.48. The van der Waals surface area contributed by atoms with Gasteiger partial charge in [0, 0.05) is 17.7 Å². The molecule has 1 aliphatic rings. The third kappa shape index (κ3) is 4.05. The molecule has 3 N–H and O–H groups in total. The molecule has 0 radical (unpaired) electrons. The number of para-hydroxylation sites is 1. The number of carbonyl (C=O) groups is 1. The zero-order chi connectivity index (χ0) is 14.4. The first kappa shape index (κ1) is 15.0. The van der Waals surface area contributed by atoms with Gasteiger partial charge in [-0.3, -0.25) is 4.79 Å². The minimum absolute atomic E-state index is 0.0315. The summed E-state index contributed by atoms with van der Waals surface area (Å²) >= 11 is 0. The highest BCUT2D eigenvalue weighted by molar-refractivity contribution is 5.91. The predicted molar refractivity (Wildman–Crippen MR) is 80.4 cm³/mol. The van der Waals surface area contributed by atoms with Gasteiger partial charge >= 0.3 is 0 Å². The molecule has 0 bridgehead atoms. The summed E-state index contributed by atoms with van der Waals surface area (Å²) in [5.41, 5.74) is 1.47. The molecule has 0 aromatic heterocycles. The number of hydrogen-bond donors (Lipinski definition) is 3. The molecular formula is C16H24N2O2. The first-order chi connectivity index (χ1) is 9.70. The largest absolute Gasteiger partial charge is 0.392 e. The van der Waals surface area contributed by atoms with Gasteiger partial charge in [-0.1, -0.05) is 25.1 Å². The third-order valence-electron chi connectivity index (χ3n) is 4.11. The topological polar surface area (TPSA) is 61.4 Å². The van der Waals surface area contributed by atoms with Gasteiger partial charge < -0.3 is 15.7 Å². The normalized spacial score (nSPS) is 20.4. The molecule has 2 atom stereocenters. The smallest absolute Gasteiger partial charge is 0.224 e. The van der Waals surface area contributed by atoms with E-state index in [2.05, 4.69) is 17.6 Å². The van der Waals surface area contributed by atoms with Crippen molar-refractivity contribution < 1.29 is 9.90 Å². The van der Waals surface area contributed by atoms with E-state index in [9.17, 15) is 9.90 Å². The van der Waals surface area contributed by atoms with Crippen molar-refractivity contribution in [2.75, 3.05) is 18.4 Å². The van der Waals surface area contributed by atoms with Gasteiger partial charge in [0.2, 0.25) is 5.91 Å². The molecule has 1 aromatic carbocycles. The number of aliphatic hydroxyl groups is 1. The van der Waals surface area contributed by atoms with Crippen molar-refractivity contribution in [3.63, 3.8) is 0 Å². The Bertz CT molecular complexity index is 442. The molecule has 110 valence electrons. The summed E-state index contributed by atoms with van der Waals surface area (Å²) in [4.78, 5) is 12.1. The molecule has 1 heterocycles. The summed E-state index contributed by atoms with van der Waals surface area (Å²) in [6, 6.07) is 7.38. The van der Waals surface area contributed by atoms with E-state index in [1.807, 2.05) is 24.3 Å². The molecule has 1 aromatic rings. The summed E-state index contributed by atoms with van der Waals surface area (Å²) in [7, 11) is 0. The van der Waals surface area contributed by atoms with Crippen LogP contribution >= 0.6 is 0 Å². The van der Waals surface area contributed by atoms with E-state index in [1.165, 1.54) is 12.8 Å². The molecule has 1 saturated heterocycles. The molecule has 4 nitrogen and oxygen atoms in total. The number of rotatable bonds is 5. The van der Waals surface area contributed by atoms with Crippen LogP contribution in [0.5, 0.6) is 0 Å². The van der Waals surface area contributed by atoms with Gasteiger partial charge in [-0.25, -0.2) is 0 Å². The highest BCUT2D eigenvalue weighted by atomic mass is 16.3. The van der Waals surface area contributed by atoms with Crippen molar-refractivity contribution in [1.29, 1.82) is 0 Å². The number of nitrogens with one attached hydrogen (secondary N) is 2. The van der Waals surface area contributed by atoms with Crippen LogP contribution in [0, 0.1) is 11.8 Å². The Hall–Kier alpha value is -1.39. The van der Waals surface area contributed by atoms with Crippen LogP contribution in [0.25, 0.3) is 0 Å². The summed E-state index contributed by atoms with van der Waals surface area (Å²) < 4.78 is 0. The van der Waals surface area contributed by atoms with Crippen LogP contribution < -0.4 is 10.6 Å². The maximum Gasteiger partial charge on any atom is 0.224 e. The van der Waals surface area contributed by atoms with Gasteiger partial charge in [0.25, 0.3) is 0 Å². The van der Waals surface area contributed by atoms with Crippen molar-refractivity contribution in [1.82, 2.24) is 5.32 Å². The predicted octanol–water partition coefficient (Wildman–Crippen LogP) is 2.14. The van der Waals surface area contributed by atoms with Crippen molar-refractivity contribution in [3.8, 4) is 0 Å². The van der Waals surface area contributed by atoms with Gasteiger partial charge in [0.15, 0.2) is 0 Å². The van der Waals surface area contributed by atoms with Gasteiger partial charge in [0.05, 0.1) is 6.61 Å². The second-order valence-electron chi connectivity index (χ2n) is 5.65. The summed E-state index contributed by atoms with van der Waals surface area (Å²) in [5, 5.41) is 15.6. The number of carbonyl (C=O) groups excluding carboxylic acids is 1. The van der Waals surface area contributed by atoms with Crippen molar-refractivity contribution in [3.05, 3.63) is 29.8 Å². The molecule has 1 aliphatic heterocycles. The molecule has 20 heavy (non-hydrogen) atoms. The highest BCUT2D eigenvalue weighted by Crippen LogP contribution is 2.23. The number of piperidine rings is 1. The van der Waals surface area contributed by atoms with E-state index in [4.69, 9.17) is 0 Å². The highest BCUT2D eigenvalue weighted by Gasteiger charge is 2.22. The number of hydrogen-bond acceptors (Lipinski definition) is 3. The Morgan fingerprint density at radius 1 is 1.50 bits per heavy atom. The van der Waals surface area contributed by atoms with Gasteiger partial charge in [0.1, 0.15) is 0 Å². The molecule has 2 rings (SSSR count). The van der Waals surface area contributed by atoms with Crippen LogP contribution in [0.15, 0.2) is 24.3 Å². The van der Waals surface area contributed by atoms with E-state index in [-0.39, 0.29) is 12.5 Å². The first-order valence-corrected chi connectivity index (χ1v) is 7.40. The minimum atomic E-state index is -0.0570. The monoisotopic (exact) mass is 276 g/mol. The lowest BCUT2D eigenvalue weighted by molar-refractivity contribution is -0.117. The molecule has 0 aliphatic carbocycles. The molecular weight excluding hydrogens is 252 g/mol.